The van der Waals surface area contributed by atoms with E-state index in [4.69, 9.17) is 10.9 Å². The lowest BCUT2D eigenvalue weighted by atomic mass is 10.2. The van der Waals surface area contributed by atoms with Crippen molar-refractivity contribution in [2.24, 2.45) is 5.14 Å². The summed E-state index contributed by atoms with van der Waals surface area (Å²) in [6.45, 7) is 4.21. The number of nitrogen functional groups attached to an aromatic ring is 1. The van der Waals surface area contributed by atoms with Gasteiger partial charge in [-0.1, -0.05) is 0 Å². The molecule has 5 N–H and O–H groups in total. The summed E-state index contributed by atoms with van der Waals surface area (Å²) in [6, 6.07) is 3.83. The number of hydrogen-bond acceptors (Lipinski definition) is 5. The smallest absolute Gasteiger partial charge is 0.244 e. The number of nitrogens with one attached hydrogen (secondary N) is 1. The van der Waals surface area contributed by atoms with Crippen LogP contribution in [0.25, 0.3) is 0 Å². The zero-order valence-corrected chi connectivity index (χ0v) is 12.6. The second-order valence-electron chi connectivity index (χ2n) is 4.52. The van der Waals surface area contributed by atoms with Gasteiger partial charge in [0, 0.05) is 19.3 Å². The molecule has 0 fully saturated rings. The highest BCUT2D eigenvalue weighted by molar-refractivity contribution is 7.89. The van der Waals surface area contributed by atoms with Crippen LogP contribution in [0.2, 0.25) is 0 Å². The summed E-state index contributed by atoms with van der Waals surface area (Å²) < 4.78 is 22.5. The van der Waals surface area contributed by atoms with Crippen molar-refractivity contribution in [1.82, 2.24) is 4.90 Å². The van der Waals surface area contributed by atoms with E-state index in [2.05, 4.69) is 5.32 Å². The molecule has 8 heteroatoms. The van der Waals surface area contributed by atoms with Crippen LogP contribution >= 0.6 is 0 Å². The molecule has 0 aliphatic carbocycles. The molecule has 7 nitrogen and oxygen atoms in total. The number of amides is 1. The van der Waals surface area contributed by atoms with Crippen LogP contribution in [0.4, 0.5) is 11.4 Å². The lowest BCUT2D eigenvalue weighted by Gasteiger charge is -2.21. The zero-order valence-electron chi connectivity index (χ0n) is 11.8. The number of hydrogen-bond donors (Lipinski definition) is 3. The fourth-order valence-corrected chi connectivity index (χ4v) is 2.34. The molecule has 1 amide bonds. The van der Waals surface area contributed by atoms with Crippen LogP contribution in [0.3, 0.4) is 0 Å². The molecule has 0 spiro atoms. The summed E-state index contributed by atoms with van der Waals surface area (Å²) >= 11 is 0. The Bertz CT molecular complexity index is 601. The summed E-state index contributed by atoms with van der Waals surface area (Å²) in [4.78, 5) is 13.4. The Morgan fingerprint density at radius 1 is 1.45 bits per heavy atom. The number of carbonyl (C=O) groups is 1. The second-order valence-corrected chi connectivity index (χ2v) is 6.05. The molecule has 1 rings (SSSR count). The molecule has 1 aromatic rings. The predicted molar refractivity (Wildman–Crippen MR) is 78.6 cm³/mol. The normalized spacial score (nSPS) is 12.8. The van der Waals surface area contributed by atoms with Crippen molar-refractivity contribution in [3.8, 4) is 0 Å². The van der Waals surface area contributed by atoms with E-state index in [1.807, 2.05) is 6.92 Å². The Balaban J connectivity index is 2.90. The van der Waals surface area contributed by atoms with Gasteiger partial charge >= 0.3 is 0 Å². The molecular weight excluding hydrogens is 280 g/mol. The molecule has 1 atom stereocenters. The van der Waals surface area contributed by atoms with Gasteiger partial charge in [0.05, 0.1) is 5.69 Å². The predicted octanol–water partition coefficient (Wildman–Crippen LogP) is 0.195. The highest BCUT2D eigenvalue weighted by atomic mass is 32.2. The summed E-state index contributed by atoms with van der Waals surface area (Å²) in [5.41, 5.74) is 6.25. The van der Waals surface area contributed by atoms with Crippen LogP contribution < -0.4 is 16.2 Å². The number of carbonyl (C=O) groups excluding carboxylic acids is 1. The number of primary sulfonamides is 1. The maximum Gasteiger partial charge on any atom is 0.244 e. The molecule has 0 saturated carbocycles. The van der Waals surface area contributed by atoms with Crippen molar-refractivity contribution in [3.05, 3.63) is 18.2 Å². The molecule has 0 aliphatic rings. The van der Waals surface area contributed by atoms with Crippen molar-refractivity contribution < 1.29 is 13.2 Å². The highest BCUT2D eigenvalue weighted by Gasteiger charge is 2.17. The van der Waals surface area contributed by atoms with Crippen LogP contribution in [0.5, 0.6) is 0 Å². The van der Waals surface area contributed by atoms with Crippen LogP contribution in [-0.4, -0.2) is 38.9 Å². The van der Waals surface area contributed by atoms with Crippen molar-refractivity contribution in [2.75, 3.05) is 24.6 Å². The number of likely N-dealkylation sites (N-methyl/N-ethyl adjacent to an activating group) is 1. The van der Waals surface area contributed by atoms with Gasteiger partial charge in [-0.25, -0.2) is 13.6 Å². The molecule has 0 aromatic heterocycles. The Morgan fingerprint density at radius 3 is 2.50 bits per heavy atom. The fraction of sp³-hybridized carbons (Fsp3) is 0.417. The molecule has 112 valence electrons. The number of rotatable bonds is 5. The van der Waals surface area contributed by atoms with E-state index in [1.54, 1.807) is 18.9 Å². The van der Waals surface area contributed by atoms with Gasteiger partial charge in [-0.15, -0.1) is 0 Å². The molecule has 0 saturated heterocycles. The van der Waals surface area contributed by atoms with Gasteiger partial charge in [0.2, 0.25) is 15.9 Å². The van der Waals surface area contributed by atoms with Crippen molar-refractivity contribution in [2.45, 2.75) is 24.8 Å². The fourth-order valence-electron chi connectivity index (χ4n) is 1.70. The Morgan fingerprint density at radius 2 is 2.05 bits per heavy atom. The molecule has 1 aromatic carbocycles. The zero-order chi connectivity index (χ0) is 15.5. The quantitative estimate of drug-likeness (QED) is 0.671. The first kappa shape index (κ1) is 16.3. The first-order chi connectivity index (χ1) is 9.16. The number of nitrogens with zero attached hydrogens (tertiary/aromatic N) is 1. The lowest BCUT2D eigenvalue weighted by molar-refractivity contribution is -0.130. The number of nitrogens with two attached hydrogens (primary N) is 2. The van der Waals surface area contributed by atoms with Gasteiger partial charge in [-0.3, -0.25) is 4.79 Å². The van der Waals surface area contributed by atoms with Gasteiger partial charge in [-0.2, -0.15) is 0 Å². The van der Waals surface area contributed by atoms with Crippen LogP contribution in [-0.2, 0) is 14.8 Å². The van der Waals surface area contributed by atoms with E-state index in [0.29, 0.717) is 12.2 Å². The number of benzene rings is 1. The number of anilines is 2. The van der Waals surface area contributed by atoms with E-state index in [-0.39, 0.29) is 16.5 Å². The van der Waals surface area contributed by atoms with Crippen molar-refractivity contribution in [1.29, 1.82) is 0 Å². The largest absolute Gasteiger partial charge is 0.398 e. The highest BCUT2D eigenvalue weighted by Crippen LogP contribution is 2.21. The number of sulfonamides is 1. The van der Waals surface area contributed by atoms with Crippen molar-refractivity contribution in [3.63, 3.8) is 0 Å². The van der Waals surface area contributed by atoms with E-state index in [1.165, 1.54) is 18.2 Å². The first-order valence-electron chi connectivity index (χ1n) is 6.10. The molecule has 0 heterocycles. The minimum atomic E-state index is -3.84. The lowest BCUT2D eigenvalue weighted by Crippen LogP contribution is -2.38. The molecule has 1 unspecified atom stereocenters. The Hall–Kier alpha value is -1.80. The van der Waals surface area contributed by atoms with Gasteiger partial charge in [0.15, 0.2) is 0 Å². The standard InChI is InChI=1S/C12H20N4O3S/c1-4-16(3)12(17)8(2)15-9-5-6-11(10(13)7-9)20(14,18)19/h5-8,15H,4,13H2,1-3H3,(H2,14,18,19). The van der Waals surface area contributed by atoms with E-state index in [9.17, 15) is 13.2 Å². The third-order valence-electron chi connectivity index (χ3n) is 2.92. The molecule has 20 heavy (non-hydrogen) atoms. The Kier molecular flexibility index (Phi) is 4.96. The minimum Gasteiger partial charge on any atom is -0.398 e. The van der Waals surface area contributed by atoms with Crippen LogP contribution in [0.1, 0.15) is 13.8 Å². The van der Waals surface area contributed by atoms with Gasteiger partial charge < -0.3 is 16.0 Å². The second kappa shape index (κ2) is 6.10. The van der Waals surface area contributed by atoms with Gasteiger partial charge in [0.25, 0.3) is 0 Å². The molecular formula is C12H20N4O3S. The summed E-state index contributed by atoms with van der Waals surface area (Å²) in [7, 11) is -2.13. The molecule has 0 bridgehead atoms. The summed E-state index contributed by atoms with van der Waals surface area (Å²) in [5, 5.41) is 8.00. The average Bonchev–Trinajstić information content (AvgIpc) is 2.35. The van der Waals surface area contributed by atoms with E-state index < -0.39 is 16.1 Å². The first-order valence-corrected chi connectivity index (χ1v) is 7.65. The average molecular weight is 300 g/mol. The SMILES string of the molecule is CCN(C)C(=O)C(C)Nc1ccc(S(N)(=O)=O)c(N)c1. The van der Waals surface area contributed by atoms with E-state index >= 15 is 0 Å². The van der Waals surface area contributed by atoms with Crippen LogP contribution in [0.15, 0.2) is 23.1 Å². The van der Waals surface area contributed by atoms with Gasteiger partial charge in [0.1, 0.15) is 10.9 Å². The third kappa shape index (κ3) is 3.84. The molecule has 0 aliphatic heterocycles. The van der Waals surface area contributed by atoms with E-state index in [0.717, 1.165) is 0 Å². The van der Waals surface area contributed by atoms with Crippen LogP contribution in [0, 0.1) is 0 Å². The summed E-state index contributed by atoms with van der Waals surface area (Å²) in [6.07, 6.45) is 0. The third-order valence-corrected chi connectivity index (χ3v) is 3.91. The maximum absolute atomic E-state index is 11.9. The summed E-state index contributed by atoms with van der Waals surface area (Å²) in [5.74, 6) is -0.0680. The minimum absolute atomic E-state index is 0.0426. The Labute approximate surface area is 119 Å². The topological polar surface area (TPSA) is 119 Å². The van der Waals surface area contributed by atoms with Gasteiger partial charge in [-0.05, 0) is 32.0 Å². The van der Waals surface area contributed by atoms with Crippen molar-refractivity contribution >= 4 is 27.3 Å². The maximum atomic E-state index is 11.9. The molecule has 0 radical (unpaired) electrons. The monoisotopic (exact) mass is 300 g/mol.